The highest BCUT2D eigenvalue weighted by Crippen LogP contribution is 2.39. The van der Waals surface area contributed by atoms with E-state index in [2.05, 4.69) is 20.9 Å². The van der Waals surface area contributed by atoms with Crippen molar-refractivity contribution in [1.82, 2.24) is 20.9 Å². The van der Waals surface area contributed by atoms with Crippen LogP contribution in [0.5, 0.6) is 5.75 Å². The van der Waals surface area contributed by atoms with Gasteiger partial charge in [-0.2, -0.15) is 0 Å². The lowest BCUT2D eigenvalue weighted by Crippen LogP contribution is -2.53. The average Bonchev–Trinajstić information content (AvgIpc) is 3.48. The van der Waals surface area contributed by atoms with E-state index in [4.69, 9.17) is 9.47 Å². The van der Waals surface area contributed by atoms with Crippen molar-refractivity contribution < 1.29 is 28.7 Å². The first-order valence-corrected chi connectivity index (χ1v) is 13.8. The first-order chi connectivity index (χ1) is 18.6. The number of esters is 1. The SMILES string of the molecule is COC(=O)C(CC1CC2(CCCCC2)NC1=O)NC(=O)C(CC(C)C)NC(=O)c1cc2c(OC)cccc2[nH]1. The molecule has 2 heterocycles. The molecule has 1 aromatic carbocycles. The molecule has 1 saturated carbocycles. The van der Waals surface area contributed by atoms with Crippen molar-refractivity contribution in [2.45, 2.75) is 82.8 Å². The van der Waals surface area contributed by atoms with E-state index in [-0.39, 0.29) is 23.8 Å². The zero-order valence-electron chi connectivity index (χ0n) is 23.2. The number of amides is 3. The van der Waals surface area contributed by atoms with E-state index in [1.165, 1.54) is 7.11 Å². The van der Waals surface area contributed by atoms with Crippen LogP contribution in [0.3, 0.4) is 0 Å². The number of carbonyl (C=O) groups is 4. The monoisotopic (exact) mass is 540 g/mol. The topological polar surface area (TPSA) is 139 Å². The van der Waals surface area contributed by atoms with Crippen molar-refractivity contribution in [3.05, 3.63) is 30.0 Å². The highest BCUT2D eigenvalue weighted by molar-refractivity contribution is 6.01. The van der Waals surface area contributed by atoms with E-state index >= 15 is 0 Å². The molecule has 2 aliphatic rings. The van der Waals surface area contributed by atoms with Gasteiger partial charge >= 0.3 is 5.97 Å². The molecule has 10 nitrogen and oxygen atoms in total. The number of hydrogen-bond donors (Lipinski definition) is 4. The minimum Gasteiger partial charge on any atom is -0.496 e. The number of methoxy groups -OCH3 is 2. The fourth-order valence-corrected chi connectivity index (χ4v) is 6.01. The van der Waals surface area contributed by atoms with Crippen LogP contribution in [0, 0.1) is 11.8 Å². The average molecular weight is 541 g/mol. The molecule has 1 aliphatic heterocycles. The molecule has 0 radical (unpaired) electrons. The summed E-state index contributed by atoms with van der Waals surface area (Å²) in [7, 11) is 2.82. The standard InChI is InChI=1S/C29H40N4O6/c1-17(2)13-21(31-27(36)22-15-19-20(30-22)9-8-10-24(19)38-3)26(35)32-23(28(37)39-4)14-18-16-29(33-25(18)34)11-6-5-7-12-29/h8-10,15,17-18,21,23,30H,5-7,11-14,16H2,1-4H3,(H,31,36)(H,32,35)(H,33,34). The molecule has 1 saturated heterocycles. The summed E-state index contributed by atoms with van der Waals surface area (Å²) in [6.45, 7) is 3.90. The summed E-state index contributed by atoms with van der Waals surface area (Å²) in [4.78, 5) is 55.2. The number of aromatic amines is 1. The molecule has 1 aromatic heterocycles. The number of H-pyrrole nitrogens is 1. The van der Waals surface area contributed by atoms with Crippen molar-refractivity contribution in [3.8, 4) is 5.75 Å². The molecule has 2 fully saturated rings. The highest BCUT2D eigenvalue weighted by atomic mass is 16.5. The third-order valence-corrected chi connectivity index (χ3v) is 7.95. The molecule has 3 atom stereocenters. The Morgan fingerprint density at radius 2 is 1.82 bits per heavy atom. The molecule has 1 spiro atoms. The van der Waals surface area contributed by atoms with E-state index in [0.717, 1.165) is 43.0 Å². The van der Waals surface area contributed by atoms with Crippen LogP contribution in [0.15, 0.2) is 24.3 Å². The molecule has 212 valence electrons. The molecule has 2 aromatic rings. The lowest BCUT2D eigenvalue weighted by atomic mass is 9.78. The Kier molecular flexibility index (Phi) is 8.82. The molecular formula is C29H40N4O6. The maximum atomic E-state index is 13.4. The molecule has 4 rings (SSSR count). The van der Waals surface area contributed by atoms with Crippen LogP contribution in [0.1, 0.15) is 75.7 Å². The van der Waals surface area contributed by atoms with Crippen molar-refractivity contribution >= 4 is 34.6 Å². The summed E-state index contributed by atoms with van der Waals surface area (Å²) in [5.41, 5.74) is 0.822. The van der Waals surface area contributed by atoms with Gasteiger partial charge < -0.3 is 30.4 Å². The predicted octanol–water partition coefficient (Wildman–Crippen LogP) is 3.21. The number of fused-ring (bicyclic) bond motifs is 1. The maximum absolute atomic E-state index is 13.4. The van der Waals surface area contributed by atoms with E-state index in [9.17, 15) is 19.2 Å². The zero-order valence-corrected chi connectivity index (χ0v) is 23.2. The van der Waals surface area contributed by atoms with Gasteiger partial charge in [-0.05, 0) is 56.2 Å². The van der Waals surface area contributed by atoms with E-state index in [0.29, 0.717) is 24.3 Å². The highest BCUT2D eigenvalue weighted by Gasteiger charge is 2.46. The van der Waals surface area contributed by atoms with Crippen LogP contribution in [0.4, 0.5) is 0 Å². The van der Waals surface area contributed by atoms with Gasteiger partial charge in [0.1, 0.15) is 23.5 Å². The fraction of sp³-hybridized carbons (Fsp3) is 0.586. The largest absolute Gasteiger partial charge is 0.496 e. The van der Waals surface area contributed by atoms with Gasteiger partial charge in [-0.3, -0.25) is 14.4 Å². The van der Waals surface area contributed by atoms with Gasteiger partial charge in [0, 0.05) is 22.4 Å². The van der Waals surface area contributed by atoms with E-state index in [1.54, 1.807) is 19.2 Å². The molecular weight excluding hydrogens is 500 g/mol. The lowest BCUT2D eigenvalue weighted by Gasteiger charge is -2.33. The van der Waals surface area contributed by atoms with Gasteiger partial charge in [0.05, 0.1) is 14.2 Å². The van der Waals surface area contributed by atoms with Gasteiger partial charge in [0.25, 0.3) is 5.91 Å². The van der Waals surface area contributed by atoms with Gasteiger partial charge in [-0.15, -0.1) is 0 Å². The number of aromatic nitrogens is 1. The van der Waals surface area contributed by atoms with Gasteiger partial charge in [0.15, 0.2) is 0 Å². The van der Waals surface area contributed by atoms with E-state index < -0.39 is 35.8 Å². The smallest absolute Gasteiger partial charge is 0.328 e. The summed E-state index contributed by atoms with van der Waals surface area (Å²) in [6, 6.07) is 5.26. The van der Waals surface area contributed by atoms with Crippen LogP contribution < -0.4 is 20.7 Å². The van der Waals surface area contributed by atoms with Crippen molar-refractivity contribution in [1.29, 1.82) is 0 Å². The minimum atomic E-state index is -0.999. The molecule has 4 N–H and O–H groups in total. The predicted molar refractivity (Wildman–Crippen MR) is 146 cm³/mol. The molecule has 3 unspecified atom stereocenters. The van der Waals surface area contributed by atoms with Crippen LogP contribution in [-0.2, 0) is 19.1 Å². The Hall–Kier alpha value is -3.56. The summed E-state index contributed by atoms with van der Waals surface area (Å²) < 4.78 is 10.4. The van der Waals surface area contributed by atoms with Crippen LogP contribution in [-0.4, -0.2) is 60.5 Å². The van der Waals surface area contributed by atoms with E-state index in [1.807, 2.05) is 26.0 Å². The summed E-state index contributed by atoms with van der Waals surface area (Å²) >= 11 is 0. The molecule has 39 heavy (non-hydrogen) atoms. The van der Waals surface area contributed by atoms with Crippen molar-refractivity contribution in [2.24, 2.45) is 11.8 Å². The second kappa shape index (κ2) is 12.1. The first kappa shape index (κ1) is 28.4. The van der Waals surface area contributed by atoms with Crippen LogP contribution >= 0.6 is 0 Å². The van der Waals surface area contributed by atoms with Gasteiger partial charge in [-0.25, -0.2) is 4.79 Å². The third kappa shape index (κ3) is 6.54. The maximum Gasteiger partial charge on any atom is 0.328 e. The second-order valence-electron chi connectivity index (χ2n) is 11.3. The Bertz CT molecular complexity index is 1220. The quantitative estimate of drug-likeness (QED) is 0.342. The summed E-state index contributed by atoms with van der Waals surface area (Å²) in [5.74, 6) is -1.31. The van der Waals surface area contributed by atoms with Crippen LogP contribution in [0.25, 0.3) is 10.9 Å². The number of rotatable bonds is 10. The number of benzene rings is 1. The molecule has 1 aliphatic carbocycles. The Labute approximate surface area is 228 Å². The number of ether oxygens (including phenoxy) is 2. The molecule has 3 amide bonds. The fourth-order valence-electron chi connectivity index (χ4n) is 6.01. The van der Waals surface area contributed by atoms with Crippen LogP contribution in [0.2, 0.25) is 0 Å². The third-order valence-electron chi connectivity index (χ3n) is 7.95. The second-order valence-corrected chi connectivity index (χ2v) is 11.3. The first-order valence-electron chi connectivity index (χ1n) is 13.8. The minimum absolute atomic E-state index is 0.0821. The number of hydrogen-bond acceptors (Lipinski definition) is 6. The Morgan fingerprint density at radius 3 is 2.49 bits per heavy atom. The Morgan fingerprint density at radius 1 is 1.08 bits per heavy atom. The number of carbonyl (C=O) groups excluding carboxylic acids is 4. The van der Waals surface area contributed by atoms with Crippen molar-refractivity contribution in [3.63, 3.8) is 0 Å². The zero-order chi connectivity index (χ0) is 28.2. The van der Waals surface area contributed by atoms with Gasteiger partial charge in [-0.1, -0.05) is 39.2 Å². The lowest BCUT2D eigenvalue weighted by molar-refractivity contribution is -0.146. The van der Waals surface area contributed by atoms with Gasteiger partial charge in [0.2, 0.25) is 11.8 Å². The molecule has 10 heteroatoms. The molecule has 0 bridgehead atoms. The number of nitrogens with one attached hydrogen (secondary N) is 4. The normalized spacial score (nSPS) is 19.9. The summed E-state index contributed by atoms with van der Waals surface area (Å²) in [5, 5.41) is 9.52. The Balaban J connectivity index is 1.47. The summed E-state index contributed by atoms with van der Waals surface area (Å²) in [6.07, 6.45) is 6.34. The van der Waals surface area contributed by atoms with Crippen molar-refractivity contribution in [2.75, 3.05) is 14.2 Å².